The van der Waals surface area contributed by atoms with E-state index in [0.29, 0.717) is 17.2 Å². The van der Waals surface area contributed by atoms with Gasteiger partial charge in [-0.3, -0.25) is 0 Å². The van der Waals surface area contributed by atoms with Gasteiger partial charge in [0.25, 0.3) is 0 Å². The van der Waals surface area contributed by atoms with E-state index < -0.39 is 38.5 Å². The zero-order valence-corrected chi connectivity index (χ0v) is 28.7. The van der Waals surface area contributed by atoms with Crippen molar-refractivity contribution in [3.05, 3.63) is 101 Å². The van der Waals surface area contributed by atoms with Crippen molar-refractivity contribution in [2.45, 2.75) is 11.3 Å². The smallest absolute Gasteiger partial charge is 0.871 e. The summed E-state index contributed by atoms with van der Waals surface area (Å²) in [6.07, 6.45) is 0.221. The quantitative estimate of drug-likeness (QED) is 0.109. The van der Waals surface area contributed by atoms with Crippen LogP contribution in [0.3, 0.4) is 0 Å². The summed E-state index contributed by atoms with van der Waals surface area (Å²) in [6.45, 7) is 0. The van der Waals surface area contributed by atoms with Gasteiger partial charge in [0.1, 0.15) is 15.8 Å². The van der Waals surface area contributed by atoms with Crippen molar-refractivity contribution in [2.75, 3.05) is 0 Å². The number of aromatic carboxylic acids is 2. The Morgan fingerprint density at radius 3 is 1.86 bits per heavy atom. The Kier molecular flexibility index (Phi) is 15.0. The zero-order valence-electron chi connectivity index (χ0n) is 22.9. The summed E-state index contributed by atoms with van der Waals surface area (Å²) in [6, 6.07) is 16.4. The fourth-order valence-electron chi connectivity index (χ4n) is 3.59. The predicted octanol–water partition coefficient (Wildman–Crippen LogP) is -2.77. The van der Waals surface area contributed by atoms with Gasteiger partial charge in [0.2, 0.25) is 0 Å². The average Bonchev–Trinajstić information content (AvgIpc) is 2.92. The van der Waals surface area contributed by atoms with Crippen LogP contribution in [0.5, 0.6) is 11.5 Å². The number of azo groups is 2. The molecule has 0 bridgehead atoms. The molecule has 0 aliphatic carbocycles. The minimum Gasteiger partial charge on any atom is -0.871 e. The third-order valence-corrected chi connectivity index (χ3v) is 6.42. The van der Waals surface area contributed by atoms with E-state index in [4.69, 9.17) is 0 Å². The van der Waals surface area contributed by atoms with E-state index in [1.165, 1.54) is 36.4 Å². The molecule has 0 aromatic heterocycles. The van der Waals surface area contributed by atoms with Crippen molar-refractivity contribution in [1.29, 1.82) is 0 Å². The molecular formula is C27H16CuN4Na2O9S. The first kappa shape index (κ1) is 39.1. The summed E-state index contributed by atoms with van der Waals surface area (Å²) in [7, 11) is -4.65. The Hall–Kier alpha value is -2.95. The number of rotatable bonds is 9. The molecule has 1 radical (unpaired) electrons. The number of benzene rings is 4. The molecule has 0 atom stereocenters. The number of nitrogens with zero attached hydrogens (tertiary/aromatic N) is 4. The molecule has 0 saturated carbocycles. The Morgan fingerprint density at radius 2 is 1.30 bits per heavy atom. The minimum atomic E-state index is -4.65. The summed E-state index contributed by atoms with van der Waals surface area (Å²) in [5.74, 6) is -4.25. The van der Waals surface area contributed by atoms with Crippen LogP contribution in [0.15, 0.2) is 104 Å². The summed E-state index contributed by atoms with van der Waals surface area (Å²) < 4.78 is 33.1. The number of carboxylic acid groups (broad SMARTS) is 2. The van der Waals surface area contributed by atoms with Crippen LogP contribution in [0, 0.1) is 0 Å². The second kappa shape index (κ2) is 16.9. The third-order valence-electron chi connectivity index (χ3n) is 5.57. The number of hydrogen-bond acceptors (Lipinski definition) is 12. The zero-order chi connectivity index (χ0) is 29.7. The van der Waals surface area contributed by atoms with Gasteiger partial charge in [-0.2, -0.15) is 15.3 Å². The molecule has 0 unspecified atom stereocenters. The first-order valence-electron chi connectivity index (χ1n) is 11.5. The molecule has 0 saturated heterocycles. The summed E-state index contributed by atoms with van der Waals surface area (Å²) in [5, 5.41) is 60.5. The van der Waals surface area contributed by atoms with E-state index in [9.17, 15) is 43.0 Å². The molecule has 0 spiro atoms. The molecule has 0 amide bonds. The van der Waals surface area contributed by atoms with E-state index in [1.807, 2.05) is 0 Å². The maximum absolute atomic E-state index is 12.3. The predicted molar refractivity (Wildman–Crippen MR) is 135 cm³/mol. The number of carboxylic acids is 2. The number of carbonyl (C=O) groups is 2. The van der Waals surface area contributed by atoms with Crippen molar-refractivity contribution in [2.24, 2.45) is 20.5 Å². The molecule has 17 heteroatoms. The second-order valence-electron chi connectivity index (χ2n) is 8.46. The Balaban J connectivity index is 0.00000323. The molecule has 4 rings (SSSR count). The van der Waals surface area contributed by atoms with Gasteiger partial charge >= 0.3 is 82.2 Å². The molecule has 217 valence electrons. The van der Waals surface area contributed by atoms with Crippen molar-refractivity contribution in [3.8, 4) is 11.5 Å². The van der Waals surface area contributed by atoms with Gasteiger partial charge in [0.15, 0.2) is 0 Å². The van der Waals surface area contributed by atoms with Crippen LogP contribution >= 0.6 is 0 Å². The van der Waals surface area contributed by atoms with Gasteiger partial charge < -0.3 is 29.8 Å². The molecular weight excluding hydrogens is 666 g/mol. The third kappa shape index (κ3) is 10.3. The van der Waals surface area contributed by atoms with E-state index in [0.717, 1.165) is 18.2 Å². The minimum absolute atomic E-state index is 0. The standard InChI is InChI=1S/C27H20N4O9S.Cu.2Na/c32-24-14-25(33)23(13-22(24)30-28-18-5-7-19(8-6-18)41(38,39)40)31-29-21-9-4-16(12-20(21)27(36)37)10-15-2-1-3-17(11-15)26(34)35;;;/h1-9,11-14,32-33H,10H2,(H,34,35)(H,36,37)(H,38,39,40);;;/q;+2;2*+1/p-4. The van der Waals surface area contributed by atoms with E-state index in [-0.39, 0.29) is 116 Å². The van der Waals surface area contributed by atoms with Crippen LogP contribution in [0.4, 0.5) is 22.7 Å². The van der Waals surface area contributed by atoms with Crippen LogP contribution < -0.4 is 74.4 Å². The van der Waals surface area contributed by atoms with Gasteiger partial charge in [-0.1, -0.05) is 41.8 Å². The molecule has 0 heterocycles. The first-order chi connectivity index (χ1) is 19.4. The first-order valence-corrected chi connectivity index (χ1v) is 12.9. The van der Waals surface area contributed by atoms with Crippen molar-refractivity contribution >= 4 is 44.8 Å². The van der Waals surface area contributed by atoms with Crippen molar-refractivity contribution < 1.29 is 119 Å². The molecule has 0 fully saturated rings. The summed E-state index contributed by atoms with van der Waals surface area (Å²) in [5.41, 5.74) is 0.294. The molecule has 0 aliphatic heterocycles. The summed E-state index contributed by atoms with van der Waals surface area (Å²) in [4.78, 5) is 22.5. The van der Waals surface area contributed by atoms with E-state index in [2.05, 4.69) is 20.5 Å². The molecule has 13 nitrogen and oxygen atoms in total. The van der Waals surface area contributed by atoms with Gasteiger partial charge in [0, 0.05) is 0 Å². The monoisotopic (exact) mass is 681 g/mol. The number of carbonyl (C=O) groups excluding carboxylic acids is 1. The van der Waals surface area contributed by atoms with Gasteiger partial charge in [0.05, 0.1) is 33.5 Å². The van der Waals surface area contributed by atoms with Crippen LogP contribution in [0.2, 0.25) is 0 Å². The van der Waals surface area contributed by atoms with Crippen LogP contribution in [0.1, 0.15) is 31.8 Å². The molecule has 1 N–H and O–H groups in total. The van der Waals surface area contributed by atoms with Crippen LogP contribution in [0.25, 0.3) is 0 Å². The topological polar surface area (TPSA) is 230 Å². The normalized spacial score (nSPS) is 10.9. The van der Waals surface area contributed by atoms with Gasteiger partial charge in [-0.05, 0) is 71.6 Å². The van der Waals surface area contributed by atoms with E-state index in [1.54, 1.807) is 18.2 Å². The summed E-state index contributed by atoms with van der Waals surface area (Å²) >= 11 is 0. The van der Waals surface area contributed by atoms with E-state index >= 15 is 0 Å². The Labute approximate surface area is 305 Å². The Morgan fingerprint density at radius 1 is 0.727 bits per heavy atom. The van der Waals surface area contributed by atoms with Crippen LogP contribution in [-0.4, -0.2) is 30.0 Å². The largest absolute Gasteiger partial charge is 2.00 e. The molecule has 0 aliphatic rings. The fraction of sp³-hybridized carbons (Fsp3) is 0.0370. The van der Waals surface area contributed by atoms with Crippen LogP contribution in [-0.2, 0) is 33.6 Å². The van der Waals surface area contributed by atoms with Gasteiger partial charge in [-0.25, -0.2) is 13.2 Å². The molecule has 4 aromatic carbocycles. The maximum atomic E-state index is 12.3. The molecule has 4 aromatic rings. The maximum Gasteiger partial charge on any atom is 2.00 e. The number of hydrogen-bond donors (Lipinski definition) is 1. The van der Waals surface area contributed by atoms with Crippen molar-refractivity contribution in [3.63, 3.8) is 0 Å². The SMILES string of the molecule is O=C([O-])c1cccc(Cc2ccc(N=Nc3cc(N=Nc4ccc(S(=O)(=O)[O-])cc4)c([O-])cc3[O-])c(C(=O)O)c2)c1.[Cu+2].[Na+].[Na+]. The fourth-order valence-corrected chi connectivity index (χ4v) is 4.06. The van der Waals surface area contributed by atoms with Gasteiger partial charge in [-0.15, -0.1) is 5.11 Å². The second-order valence-corrected chi connectivity index (χ2v) is 9.84. The average molecular weight is 682 g/mol. The molecule has 44 heavy (non-hydrogen) atoms. The van der Waals surface area contributed by atoms with Crippen molar-refractivity contribution in [1.82, 2.24) is 0 Å². The Bertz CT molecular complexity index is 1840.